The lowest BCUT2D eigenvalue weighted by molar-refractivity contribution is -0.116. The number of hydrogen-bond acceptors (Lipinski definition) is 2. The highest BCUT2D eigenvalue weighted by Gasteiger charge is 2.23. The van der Waals surface area contributed by atoms with Crippen molar-refractivity contribution < 1.29 is 9.18 Å². The van der Waals surface area contributed by atoms with Crippen molar-refractivity contribution in [1.29, 1.82) is 0 Å². The predicted molar refractivity (Wildman–Crippen MR) is 69.6 cm³/mol. The minimum atomic E-state index is -0.284. The van der Waals surface area contributed by atoms with Gasteiger partial charge in [-0.1, -0.05) is 12.2 Å². The number of amides is 1. The predicted octanol–water partition coefficient (Wildman–Crippen LogP) is 3.20. The van der Waals surface area contributed by atoms with E-state index in [4.69, 9.17) is 0 Å². The number of nitrogens with zero attached hydrogens (tertiary/aromatic N) is 1. The Hall–Kier alpha value is -1.29. The fraction of sp³-hybridized carbons (Fsp3) is 0.308. The Bertz CT molecular complexity index is 430. The van der Waals surface area contributed by atoms with E-state index in [2.05, 4.69) is 12.2 Å². The molecule has 1 heterocycles. The summed E-state index contributed by atoms with van der Waals surface area (Å²) in [5.74, 6) is 0.619. The molecule has 1 aromatic rings. The topological polar surface area (TPSA) is 20.3 Å². The van der Waals surface area contributed by atoms with Gasteiger partial charge in [-0.25, -0.2) is 4.39 Å². The van der Waals surface area contributed by atoms with Crippen LogP contribution in [0.2, 0.25) is 0 Å². The summed E-state index contributed by atoms with van der Waals surface area (Å²) < 4.78 is 12.9. The van der Waals surface area contributed by atoms with Crippen molar-refractivity contribution in [3.63, 3.8) is 0 Å². The summed E-state index contributed by atoms with van der Waals surface area (Å²) >= 11 is 1.72. The summed E-state index contributed by atoms with van der Waals surface area (Å²) in [4.78, 5) is 13.5. The lowest BCUT2D eigenvalue weighted by Gasteiger charge is -2.31. The Morgan fingerprint density at radius 1 is 1.35 bits per heavy atom. The number of anilines is 1. The van der Waals surface area contributed by atoms with Gasteiger partial charge in [0.25, 0.3) is 0 Å². The molecule has 4 heteroatoms. The van der Waals surface area contributed by atoms with Gasteiger partial charge in [0, 0.05) is 18.4 Å². The first-order valence-electron chi connectivity index (χ1n) is 5.50. The quantitative estimate of drug-likeness (QED) is 0.752. The standard InChI is InChI=1S/C13H14FNOS/c1-10(16)15(13-4-2-3-9-17-13)12-7-5-11(14)6-8-12/h2-3,5-8,13H,4,9H2,1H3. The van der Waals surface area contributed by atoms with Gasteiger partial charge in [-0.05, 0) is 30.7 Å². The average molecular weight is 251 g/mol. The van der Waals surface area contributed by atoms with Gasteiger partial charge in [0.2, 0.25) is 5.91 Å². The normalized spacial score (nSPS) is 19.1. The molecule has 0 spiro atoms. The maximum absolute atomic E-state index is 12.9. The van der Waals surface area contributed by atoms with Gasteiger partial charge < -0.3 is 0 Å². The van der Waals surface area contributed by atoms with Crippen molar-refractivity contribution >= 4 is 23.4 Å². The van der Waals surface area contributed by atoms with Crippen molar-refractivity contribution in [1.82, 2.24) is 0 Å². The summed E-state index contributed by atoms with van der Waals surface area (Å²) in [6.45, 7) is 1.54. The van der Waals surface area contributed by atoms with E-state index in [0.29, 0.717) is 0 Å². The number of carbonyl (C=O) groups excluding carboxylic acids is 1. The molecule has 90 valence electrons. The molecule has 1 aromatic carbocycles. The molecular weight excluding hydrogens is 237 g/mol. The maximum atomic E-state index is 12.9. The Kier molecular flexibility index (Phi) is 3.84. The minimum absolute atomic E-state index is 0.00981. The minimum Gasteiger partial charge on any atom is -0.300 e. The van der Waals surface area contributed by atoms with Crippen LogP contribution in [0.3, 0.4) is 0 Å². The molecule has 0 saturated heterocycles. The molecule has 2 rings (SSSR count). The van der Waals surface area contributed by atoms with Crippen LogP contribution in [0.5, 0.6) is 0 Å². The number of halogens is 1. The first-order valence-corrected chi connectivity index (χ1v) is 6.55. The second kappa shape index (κ2) is 5.36. The SMILES string of the molecule is CC(=O)N(c1ccc(F)cc1)C1CC=CCS1. The summed E-state index contributed by atoms with van der Waals surface area (Å²) in [5, 5.41) is 0.114. The number of thioether (sulfide) groups is 1. The van der Waals surface area contributed by atoms with Crippen molar-refractivity contribution in [2.45, 2.75) is 18.7 Å². The van der Waals surface area contributed by atoms with Gasteiger partial charge in [-0.2, -0.15) is 0 Å². The van der Waals surface area contributed by atoms with Crippen LogP contribution in [0.15, 0.2) is 36.4 Å². The van der Waals surface area contributed by atoms with Crippen LogP contribution < -0.4 is 4.90 Å². The van der Waals surface area contributed by atoms with Crippen LogP contribution >= 0.6 is 11.8 Å². The summed E-state index contributed by atoms with van der Waals surface area (Å²) in [6.07, 6.45) is 5.02. The van der Waals surface area contributed by atoms with Gasteiger partial charge in [0.15, 0.2) is 0 Å². The lowest BCUT2D eigenvalue weighted by atomic mass is 10.2. The average Bonchev–Trinajstić information content (AvgIpc) is 2.33. The van der Waals surface area contributed by atoms with E-state index >= 15 is 0 Å². The van der Waals surface area contributed by atoms with Gasteiger partial charge in [-0.15, -0.1) is 11.8 Å². The maximum Gasteiger partial charge on any atom is 0.224 e. The van der Waals surface area contributed by atoms with Gasteiger partial charge in [-0.3, -0.25) is 9.69 Å². The zero-order valence-corrected chi connectivity index (χ0v) is 10.4. The van der Waals surface area contributed by atoms with Crippen LogP contribution in [0, 0.1) is 5.82 Å². The molecular formula is C13H14FNOS. The fourth-order valence-corrected chi connectivity index (χ4v) is 2.98. The number of rotatable bonds is 2. The van der Waals surface area contributed by atoms with E-state index < -0.39 is 0 Å². The molecule has 0 fully saturated rings. The molecule has 1 aliphatic rings. The Labute approximate surface area is 105 Å². The Balaban J connectivity index is 2.25. The van der Waals surface area contributed by atoms with Gasteiger partial charge in [0.05, 0.1) is 5.37 Å². The van der Waals surface area contributed by atoms with Crippen molar-refractivity contribution in [3.05, 3.63) is 42.2 Å². The second-order valence-corrected chi connectivity index (χ2v) is 5.07. The summed E-state index contributed by atoms with van der Waals surface area (Å²) in [7, 11) is 0. The molecule has 1 aliphatic heterocycles. The molecule has 0 aliphatic carbocycles. The molecule has 2 nitrogen and oxygen atoms in total. The highest BCUT2D eigenvalue weighted by Crippen LogP contribution is 2.29. The molecule has 0 saturated carbocycles. The lowest BCUT2D eigenvalue weighted by Crippen LogP contribution is -2.37. The van der Waals surface area contributed by atoms with Crippen LogP contribution in [-0.4, -0.2) is 17.0 Å². The first-order chi connectivity index (χ1) is 8.18. The van der Waals surface area contributed by atoms with Crippen LogP contribution in [0.4, 0.5) is 10.1 Å². The zero-order valence-electron chi connectivity index (χ0n) is 9.60. The van der Waals surface area contributed by atoms with E-state index in [1.807, 2.05) is 0 Å². The second-order valence-electron chi connectivity index (χ2n) is 3.86. The smallest absolute Gasteiger partial charge is 0.224 e. The zero-order chi connectivity index (χ0) is 12.3. The van der Waals surface area contributed by atoms with Crippen LogP contribution in [0.25, 0.3) is 0 Å². The van der Waals surface area contributed by atoms with E-state index in [1.165, 1.54) is 12.1 Å². The van der Waals surface area contributed by atoms with E-state index in [1.54, 1.807) is 35.7 Å². The number of carbonyl (C=O) groups is 1. The van der Waals surface area contributed by atoms with E-state index in [0.717, 1.165) is 17.9 Å². The van der Waals surface area contributed by atoms with Gasteiger partial charge >= 0.3 is 0 Å². The molecule has 0 aromatic heterocycles. The molecule has 1 unspecified atom stereocenters. The third-order valence-corrected chi connectivity index (χ3v) is 3.79. The monoisotopic (exact) mass is 251 g/mol. The third-order valence-electron chi connectivity index (χ3n) is 2.62. The molecule has 1 amide bonds. The van der Waals surface area contributed by atoms with Crippen LogP contribution in [0.1, 0.15) is 13.3 Å². The summed E-state index contributed by atoms with van der Waals surface area (Å²) in [5.41, 5.74) is 0.756. The van der Waals surface area contributed by atoms with Gasteiger partial charge in [0.1, 0.15) is 5.82 Å². The highest BCUT2D eigenvalue weighted by molar-refractivity contribution is 8.00. The summed E-state index contributed by atoms with van der Waals surface area (Å²) in [6, 6.07) is 6.06. The molecule has 0 radical (unpaired) electrons. The molecule has 1 atom stereocenters. The number of hydrogen-bond donors (Lipinski definition) is 0. The van der Waals surface area contributed by atoms with Crippen molar-refractivity contribution in [2.75, 3.05) is 10.7 Å². The van der Waals surface area contributed by atoms with Crippen molar-refractivity contribution in [2.24, 2.45) is 0 Å². The molecule has 17 heavy (non-hydrogen) atoms. The van der Waals surface area contributed by atoms with Crippen molar-refractivity contribution in [3.8, 4) is 0 Å². The fourth-order valence-electron chi connectivity index (χ4n) is 1.85. The van der Waals surface area contributed by atoms with E-state index in [9.17, 15) is 9.18 Å². The number of benzene rings is 1. The Morgan fingerprint density at radius 2 is 2.06 bits per heavy atom. The van der Waals surface area contributed by atoms with Crippen LogP contribution in [-0.2, 0) is 4.79 Å². The van der Waals surface area contributed by atoms with E-state index in [-0.39, 0.29) is 17.1 Å². The highest BCUT2D eigenvalue weighted by atomic mass is 32.2. The molecule has 0 bridgehead atoms. The Morgan fingerprint density at radius 3 is 2.59 bits per heavy atom. The molecule has 0 N–H and O–H groups in total. The first kappa shape index (κ1) is 12.2. The third kappa shape index (κ3) is 2.88. The largest absolute Gasteiger partial charge is 0.300 e.